The van der Waals surface area contributed by atoms with Gasteiger partial charge in [0.25, 0.3) is 0 Å². The molecular weight excluding hydrogens is 299 g/mol. The zero-order chi connectivity index (χ0) is 14.5. The Morgan fingerprint density at radius 2 is 2.11 bits per heavy atom. The third-order valence-electron chi connectivity index (χ3n) is 2.24. The van der Waals surface area contributed by atoms with Crippen LogP contribution in [0, 0.1) is 0 Å². The Morgan fingerprint density at radius 3 is 2.68 bits per heavy atom. The lowest BCUT2D eigenvalue weighted by Gasteiger charge is -2.15. The van der Waals surface area contributed by atoms with Gasteiger partial charge in [0.1, 0.15) is 11.0 Å². The van der Waals surface area contributed by atoms with Crippen molar-refractivity contribution in [2.24, 2.45) is 0 Å². The predicted octanol–water partition coefficient (Wildman–Crippen LogP) is 4.09. The molecule has 1 atom stereocenters. The van der Waals surface area contributed by atoms with E-state index in [1.807, 2.05) is 6.92 Å². The normalized spacial score (nSPS) is 13.4. The van der Waals surface area contributed by atoms with Crippen molar-refractivity contribution in [2.75, 3.05) is 16.8 Å². The van der Waals surface area contributed by atoms with Gasteiger partial charge in [0.15, 0.2) is 0 Å². The number of rotatable bonds is 6. The summed E-state index contributed by atoms with van der Waals surface area (Å²) in [5, 5.41) is 2.68. The Hall–Kier alpha value is -0.690. The van der Waals surface area contributed by atoms with Gasteiger partial charge in [0.2, 0.25) is 5.82 Å². The van der Waals surface area contributed by atoms with Crippen LogP contribution < -0.4 is 5.32 Å². The first-order chi connectivity index (χ1) is 8.82. The molecule has 1 unspecified atom stereocenters. The lowest BCUT2D eigenvalue weighted by atomic mass is 10.2. The number of nitrogens with zero attached hydrogens (tertiary/aromatic N) is 2. The van der Waals surface area contributed by atoms with Gasteiger partial charge in [-0.25, -0.2) is 9.97 Å². The average molecular weight is 314 g/mol. The van der Waals surface area contributed by atoms with E-state index in [2.05, 4.69) is 22.2 Å². The van der Waals surface area contributed by atoms with Gasteiger partial charge < -0.3 is 5.32 Å². The highest BCUT2D eigenvalue weighted by Crippen LogP contribution is 2.28. The number of aromatic nitrogens is 2. The number of anilines is 1. The molecule has 0 aliphatic heterocycles. The van der Waals surface area contributed by atoms with E-state index < -0.39 is 12.0 Å². The van der Waals surface area contributed by atoms with E-state index >= 15 is 0 Å². The van der Waals surface area contributed by atoms with Crippen LogP contribution in [0.25, 0.3) is 0 Å². The summed E-state index contributed by atoms with van der Waals surface area (Å²) >= 11 is 7.35. The van der Waals surface area contributed by atoms with Gasteiger partial charge in [0.05, 0.1) is 0 Å². The summed E-state index contributed by atoms with van der Waals surface area (Å²) in [6.07, 6.45) is -3.76. The molecule has 1 aromatic heterocycles. The van der Waals surface area contributed by atoms with Gasteiger partial charge >= 0.3 is 6.18 Å². The van der Waals surface area contributed by atoms with Gasteiger partial charge in [0, 0.05) is 12.1 Å². The number of alkyl halides is 3. The molecule has 1 aromatic rings. The van der Waals surface area contributed by atoms with E-state index in [4.69, 9.17) is 11.6 Å². The van der Waals surface area contributed by atoms with Gasteiger partial charge in [-0.05, 0) is 24.9 Å². The van der Waals surface area contributed by atoms with Crippen molar-refractivity contribution in [3.8, 4) is 0 Å². The summed E-state index contributed by atoms with van der Waals surface area (Å²) in [6.45, 7) is 3.95. The van der Waals surface area contributed by atoms with Crippen molar-refractivity contribution in [1.82, 2.24) is 9.97 Å². The van der Waals surface area contributed by atoms with Gasteiger partial charge in [-0.15, -0.1) is 0 Å². The molecule has 0 aliphatic rings. The van der Waals surface area contributed by atoms with E-state index in [0.29, 0.717) is 0 Å². The summed E-state index contributed by atoms with van der Waals surface area (Å²) in [6, 6.07) is 1.31. The summed E-state index contributed by atoms with van der Waals surface area (Å²) in [7, 11) is 0. The maximum absolute atomic E-state index is 12.5. The topological polar surface area (TPSA) is 37.8 Å². The molecule has 1 heterocycles. The van der Waals surface area contributed by atoms with Crippen LogP contribution in [-0.2, 0) is 6.18 Å². The number of hydrogen-bond acceptors (Lipinski definition) is 4. The molecule has 0 saturated heterocycles. The fourth-order valence-corrected chi connectivity index (χ4v) is 2.34. The highest BCUT2D eigenvalue weighted by atomic mass is 35.5. The van der Waals surface area contributed by atoms with Crippen molar-refractivity contribution in [3.63, 3.8) is 0 Å². The second-order valence-electron chi connectivity index (χ2n) is 3.93. The molecule has 1 rings (SSSR count). The van der Waals surface area contributed by atoms with Gasteiger partial charge in [-0.3, -0.25) is 0 Å². The molecule has 1 N–H and O–H groups in total. The van der Waals surface area contributed by atoms with E-state index in [-0.39, 0.29) is 17.0 Å². The molecule has 108 valence electrons. The number of thioether (sulfide) groups is 1. The largest absolute Gasteiger partial charge is 0.451 e. The third-order valence-corrected chi connectivity index (χ3v) is 3.37. The van der Waals surface area contributed by atoms with Crippen molar-refractivity contribution in [1.29, 1.82) is 0 Å². The predicted molar refractivity (Wildman–Crippen MR) is 72.7 cm³/mol. The van der Waals surface area contributed by atoms with Crippen molar-refractivity contribution < 1.29 is 13.2 Å². The summed E-state index contributed by atoms with van der Waals surface area (Å²) in [4.78, 5) is 6.61. The van der Waals surface area contributed by atoms with Gasteiger partial charge in [-0.1, -0.05) is 18.5 Å². The molecule has 3 nitrogen and oxygen atoms in total. The minimum Gasteiger partial charge on any atom is -0.367 e. The lowest BCUT2D eigenvalue weighted by Crippen LogP contribution is -2.19. The fraction of sp³-hybridized carbons (Fsp3) is 0.636. The van der Waals surface area contributed by atoms with Crippen LogP contribution in [0.4, 0.5) is 19.0 Å². The first-order valence-electron chi connectivity index (χ1n) is 5.79. The minimum absolute atomic E-state index is 0.0195. The van der Waals surface area contributed by atoms with E-state index in [0.717, 1.165) is 17.9 Å². The summed E-state index contributed by atoms with van der Waals surface area (Å²) < 4.78 is 37.6. The molecule has 19 heavy (non-hydrogen) atoms. The molecular formula is C11H15ClF3N3S. The van der Waals surface area contributed by atoms with Crippen molar-refractivity contribution in [2.45, 2.75) is 32.5 Å². The number of nitrogens with one attached hydrogen (secondary N) is 1. The quantitative estimate of drug-likeness (QED) is 0.634. The molecule has 0 aromatic carbocycles. The fourth-order valence-electron chi connectivity index (χ4n) is 1.35. The van der Waals surface area contributed by atoms with Crippen LogP contribution >= 0.6 is 23.4 Å². The summed E-state index contributed by atoms with van der Waals surface area (Å²) in [5.41, 5.74) is 0. The zero-order valence-corrected chi connectivity index (χ0v) is 12.2. The second-order valence-corrected chi connectivity index (χ2v) is 5.71. The molecule has 0 aliphatic carbocycles. The highest BCUT2D eigenvalue weighted by Gasteiger charge is 2.35. The Kier molecular flexibility index (Phi) is 6.19. The van der Waals surface area contributed by atoms with Crippen LogP contribution in [0.3, 0.4) is 0 Å². The van der Waals surface area contributed by atoms with E-state index in [1.165, 1.54) is 6.07 Å². The van der Waals surface area contributed by atoms with E-state index in [9.17, 15) is 13.2 Å². The Labute approximate surface area is 119 Å². The standard InChI is InChI=1S/C11H15ClF3N3S/c1-3-19-5-4-7(2)16-9-6-8(12)17-10(18-9)11(13,14)15/h6-7H,3-5H2,1-2H3,(H,16,17,18). The molecule has 0 spiro atoms. The van der Waals surface area contributed by atoms with Crippen LogP contribution in [-0.4, -0.2) is 27.5 Å². The first kappa shape index (κ1) is 16.4. The van der Waals surface area contributed by atoms with Gasteiger partial charge in [-0.2, -0.15) is 24.9 Å². The van der Waals surface area contributed by atoms with Crippen LogP contribution in [0.5, 0.6) is 0 Å². The monoisotopic (exact) mass is 313 g/mol. The maximum Gasteiger partial charge on any atom is 0.451 e. The molecule has 0 amide bonds. The van der Waals surface area contributed by atoms with Crippen molar-refractivity contribution >= 4 is 29.2 Å². The zero-order valence-electron chi connectivity index (χ0n) is 10.6. The van der Waals surface area contributed by atoms with Crippen LogP contribution in [0.1, 0.15) is 26.1 Å². The van der Waals surface area contributed by atoms with Crippen LogP contribution in [0.15, 0.2) is 6.07 Å². The molecule has 0 fully saturated rings. The number of hydrogen-bond donors (Lipinski definition) is 1. The molecule has 0 saturated carbocycles. The molecule has 8 heteroatoms. The SMILES string of the molecule is CCSCCC(C)Nc1cc(Cl)nc(C(F)(F)F)n1. The van der Waals surface area contributed by atoms with Crippen molar-refractivity contribution in [3.05, 3.63) is 17.0 Å². The Bertz CT molecular complexity index is 415. The second kappa shape index (κ2) is 7.19. The number of halogens is 4. The smallest absolute Gasteiger partial charge is 0.367 e. The average Bonchev–Trinajstić information content (AvgIpc) is 2.27. The Balaban J connectivity index is 2.70. The van der Waals surface area contributed by atoms with Crippen LogP contribution in [0.2, 0.25) is 5.15 Å². The highest BCUT2D eigenvalue weighted by molar-refractivity contribution is 7.99. The Morgan fingerprint density at radius 1 is 1.42 bits per heavy atom. The minimum atomic E-state index is -4.59. The lowest BCUT2D eigenvalue weighted by molar-refractivity contribution is -0.144. The molecule has 0 radical (unpaired) electrons. The first-order valence-corrected chi connectivity index (χ1v) is 7.32. The third kappa shape index (κ3) is 5.86. The summed E-state index contributed by atoms with van der Waals surface area (Å²) in [5.74, 6) is 0.832. The maximum atomic E-state index is 12.5. The molecule has 0 bridgehead atoms. The van der Waals surface area contributed by atoms with E-state index in [1.54, 1.807) is 11.8 Å².